The van der Waals surface area contributed by atoms with Gasteiger partial charge < -0.3 is 10.4 Å². The molecule has 15 heavy (non-hydrogen) atoms. The summed E-state index contributed by atoms with van der Waals surface area (Å²) in [6.07, 6.45) is 0.383. The van der Waals surface area contributed by atoms with E-state index in [0.717, 1.165) is 12.0 Å². The van der Waals surface area contributed by atoms with Crippen LogP contribution in [0.4, 0.5) is 4.79 Å². The van der Waals surface area contributed by atoms with E-state index in [1.54, 1.807) is 0 Å². The fourth-order valence-corrected chi connectivity index (χ4v) is 1.37. The number of carboxylic acid groups (broad SMARTS) is 1. The highest BCUT2D eigenvalue weighted by Crippen LogP contribution is 2.18. The second-order valence-corrected chi connectivity index (χ2v) is 3.69. The zero-order valence-electron chi connectivity index (χ0n) is 10.1. The molecular formula is C12H17NO2. The average Bonchev–Trinajstić information content (AvgIpc) is 2.35. The van der Waals surface area contributed by atoms with Crippen LogP contribution in [0.25, 0.3) is 1.43 Å². The van der Waals surface area contributed by atoms with Crippen LogP contribution in [0, 0.1) is 0 Å². The summed E-state index contributed by atoms with van der Waals surface area (Å²) in [5.41, 5.74) is 2.30. The van der Waals surface area contributed by atoms with E-state index < -0.39 is 6.09 Å². The van der Waals surface area contributed by atoms with Gasteiger partial charge >= 0.3 is 6.09 Å². The number of carbonyl (C=O) groups is 1. The summed E-state index contributed by atoms with van der Waals surface area (Å²) in [7, 11) is 0. The van der Waals surface area contributed by atoms with Crippen LogP contribution in [0.3, 0.4) is 0 Å². The number of nitrogens with one attached hydrogen (secondary N) is 1. The predicted molar refractivity (Wildman–Crippen MR) is 60.0 cm³/mol. The lowest BCUT2D eigenvalue weighted by Gasteiger charge is -2.09. The van der Waals surface area contributed by atoms with E-state index in [0.29, 0.717) is 12.5 Å². The molecule has 1 aromatic rings. The van der Waals surface area contributed by atoms with Crippen LogP contribution in [0.2, 0.25) is 0 Å². The molecule has 0 fully saturated rings. The van der Waals surface area contributed by atoms with E-state index in [4.69, 9.17) is 1.43 Å². The highest BCUT2D eigenvalue weighted by atomic mass is 16.4. The maximum Gasteiger partial charge on any atom is 0.404 e. The normalized spacial score (nSPS) is 12.8. The molecule has 1 atom stereocenters. The number of hydrogen-bond acceptors (Lipinski definition) is 2. The fourth-order valence-electron chi connectivity index (χ4n) is 1.37. The van der Waals surface area contributed by atoms with E-state index in [9.17, 15) is 4.79 Å². The van der Waals surface area contributed by atoms with Crippen molar-refractivity contribution in [3.63, 3.8) is 0 Å². The third kappa shape index (κ3) is 3.62. The van der Waals surface area contributed by atoms with Crippen molar-refractivity contribution in [3.05, 3.63) is 35.4 Å². The zero-order valence-corrected chi connectivity index (χ0v) is 9.12. The van der Waals surface area contributed by atoms with Crippen LogP contribution in [-0.4, -0.2) is 11.2 Å². The summed E-state index contributed by atoms with van der Waals surface area (Å²) < 4.78 is 6.38. The summed E-state index contributed by atoms with van der Waals surface area (Å²) in [5, 5.41) is 6.21. The van der Waals surface area contributed by atoms with Crippen LogP contribution >= 0.6 is 0 Å². The molecule has 3 nitrogen and oxygen atoms in total. The minimum Gasteiger partial charge on any atom is -0.465 e. The lowest BCUT2D eigenvalue weighted by atomic mass is 9.98. The van der Waals surface area contributed by atoms with Crippen molar-refractivity contribution >= 4 is 6.09 Å². The Hall–Kier alpha value is -1.51. The molecule has 1 unspecified atom stereocenters. The summed E-state index contributed by atoms with van der Waals surface area (Å²) in [4.78, 5) is 10.7. The maximum atomic E-state index is 10.7. The molecule has 82 valence electrons. The molecule has 1 rings (SSSR count). The van der Waals surface area contributed by atoms with Crippen molar-refractivity contribution in [2.45, 2.75) is 32.7 Å². The highest BCUT2D eigenvalue weighted by molar-refractivity contribution is 5.64. The van der Waals surface area contributed by atoms with Gasteiger partial charge in [0.2, 0.25) is 0 Å². The Labute approximate surface area is 91.6 Å². The monoisotopic (exact) mass is 209 g/mol. The summed E-state index contributed by atoms with van der Waals surface area (Å²) >= 11 is 0. The molecule has 0 aromatic heterocycles. The van der Waals surface area contributed by atoms with Crippen LogP contribution in [-0.2, 0) is 6.54 Å². The van der Waals surface area contributed by atoms with Crippen molar-refractivity contribution in [3.8, 4) is 0 Å². The second kappa shape index (κ2) is 5.39. The molecule has 3 heteroatoms. The topological polar surface area (TPSA) is 49.3 Å². The Morgan fingerprint density at radius 3 is 2.73 bits per heavy atom. The lowest BCUT2D eigenvalue weighted by molar-refractivity contribution is 0.194. The first-order valence-corrected chi connectivity index (χ1v) is 5.17. The van der Waals surface area contributed by atoms with Gasteiger partial charge in [-0.2, -0.15) is 0 Å². The largest absolute Gasteiger partial charge is 0.465 e. The smallest absolute Gasteiger partial charge is 0.404 e. The summed E-state index contributed by atoms with van der Waals surface area (Å²) in [6.45, 7) is 4.73. The molecule has 0 aliphatic rings. The lowest BCUT2D eigenvalue weighted by Crippen LogP contribution is -2.19. The Bertz CT molecular complexity index is 337. The summed E-state index contributed by atoms with van der Waals surface area (Å²) in [5.74, 6) is 0.556. The van der Waals surface area contributed by atoms with Crippen molar-refractivity contribution < 1.29 is 9.90 Å². The predicted octanol–water partition coefficient (Wildman–Crippen LogP) is 2.97. The van der Waals surface area contributed by atoms with Gasteiger partial charge in [-0.25, -0.2) is 4.79 Å². The third-order valence-corrected chi connectivity index (χ3v) is 2.60. The first-order chi connectivity index (χ1) is 7.67. The van der Waals surface area contributed by atoms with Gasteiger partial charge in [-0.1, -0.05) is 38.1 Å². The Morgan fingerprint density at radius 1 is 1.53 bits per heavy atom. The minimum atomic E-state index is -0.731. The summed E-state index contributed by atoms with van der Waals surface area (Å²) in [6, 6.07) is 8.09. The molecule has 0 saturated carbocycles. The number of hydrogen-bond donors (Lipinski definition) is 2. The van der Waals surface area contributed by atoms with Crippen LogP contribution < -0.4 is 5.32 Å². The van der Waals surface area contributed by atoms with E-state index in [1.807, 2.05) is 12.1 Å². The standard InChI is InChI=1S/C12H17NO2/c1-3-9(2)11-6-4-10(5-7-11)8-13-12(14)15/h4-7,9,13H,3,8H2,1-2H3,(H,14,15)/i/hT. The quantitative estimate of drug-likeness (QED) is 0.801. The van der Waals surface area contributed by atoms with Gasteiger partial charge in [-0.15, -0.1) is 0 Å². The SMILES string of the molecule is [3H]OC(=O)NCc1ccc(C(C)CC)cc1. The van der Waals surface area contributed by atoms with Crippen molar-refractivity contribution in [2.75, 3.05) is 0 Å². The molecule has 0 spiro atoms. The van der Waals surface area contributed by atoms with Crippen LogP contribution in [0.15, 0.2) is 24.3 Å². The average molecular weight is 209 g/mol. The molecule has 0 aliphatic heterocycles. The van der Waals surface area contributed by atoms with Crippen molar-refractivity contribution in [1.82, 2.24) is 5.32 Å². The van der Waals surface area contributed by atoms with Gasteiger partial charge in [-0.3, -0.25) is 0 Å². The van der Waals surface area contributed by atoms with Crippen molar-refractivity contribution in [1.29, 1.82) is 1.43 Å². The van der Waals surface area contributed by atoms with Crippen LogP contribution in [0.5, 0.6) is 0 Å². The molecular weight excluding hydrogens is 190 g/mol. The third-order valence-electron chi connectivity index (χ3n) is 2.60. The van der Waals surface area contributed by atoms with Gasteiger partial charge in [0.1, 0.15) is 0 Å². The van der Waals surface area contributed by atoms with E-state index in [1.165, 1.54) is 5.56 Å². The number of rotatable bonds is 4. The van der Waals surface area contributed by atoms with Gasteiger partial charge in [0.15, 0.2) is 0 Å². The fraction of sp³-hybridized carbons (Fsp3) is 0.417. The molecule has 1 amide bonds. The second-order valence-electron chi connectivity index (χ2n) is 3.69. The number of amides is 1. The number of benzene rings is 1. The molecule has 1 aromatic carbocycles. The zero-order chi connectivity index (χ0) is 12.0. The van der Waals surface area contributed by atoms with Gasteiger partial charge in [0, 0.05) is 6.54 Å². The molecule has 0 saturated heterocycles. The Morgan fingerprint density at radius 2 is 2.20 bits per heavy atom. The Kier molecular flexibility index (Phi) is 3.60. The molecule has 0 heterocycles. The molecule has 0 aliphatic carbocycles. The first kappa shape index (κ1) is 10.0. The first-order valence-electron chi connectivity index (χ1n) is 5.58. The van der Waals surface area contributed by atoms with E-state index in [2.05, 4.69) is 36.4 Å². The Balaban J connectivity index is 2.54. The van der Waals surface area contributed by atoms with Gasteiger partial charge in [-0.05, 0) is 23.5 Å². The minimum absolute atomic E-state index is 0.387. The molecule has 0 bridgehead atoms. The van der Waals surface area contributed by atoms with E-state index >= 15 is 0 Å². The van der Waals surface area contributed by atoms with Gasteiger partial charge in [0.25, 0.3) is 1.43 Å². The van der Waals surface area contributed by atoms with Gasteiger partial charge in [0.05, 0.1) is 0 Å². The molecule has 0 radical (unpaired) electrons. The maximum absolute atomic E-state index is 10.7. The van der Waals surface area contributed by atoms with E-state index in [-0.39, 0.29) is 0 Å². The van der Waals surface area contributed by atoms with Crippen LogP contribution in [0.1, 0.15) is 37.3 Å². The van der Waals surface area contributed by atoms with Crippen molar-refractivity contribution in [2.24, 2.45) is 0 Å². The highest BCUT2D eigenvalue weighted by Gasteiger charge is 2.02. The molecule has 2 N–H and O–H groups in total.